The van der Waals surface area contributed by atoms with E-state index in [-0.39, 0.29) is 0 Å². The second-order valence-corrected chi connectivity index (χ2v) is 5.39. The molecule has 0 atom stereocenters. The summed E-state index contributed by atoms with van der Waals surface area (Å²) in [7, 11) is 0. The summed E-state index contributed by atoms with van der Waals surface area (Å²) in [6, 6.07) is 0. The van der Waals surface area contributed by atoms with E-state index < -0.39 is 0 Å². The first-order chi connectivity index (χ1) is 9.41. The molecular formula is C18H34O. The zero-order valence-corrected chi connectivity index (χ0v) is 12.8. The van der Waals surface area contributed by atoms with Crippen LogP contribution in [-0.2, 0) is 0 Å². The van der Waals surface area contributed by atoms with Crippen molar-refractivity contribution in [3.05, 3.63) is 24.8 Å². The largest absolute Gasteiger partial charge is 0.396 e. The molecule has 0 radical (unpaired) electrons. The van der Waals surface area contributed by atoms with Gasteiger partial charge in [0.05, 0.1) is 0 Å². The van der Waals surface area contributed by atoms with E-state index in [9.17, 15) is 0 Å². The SMILES string of the molecule is C=CCCCCCCC=CCCCCCCCCO. The Bertz CT molecular complexity index is 196. The highest BCUT2D eigenvalue weighted by molar-refractivity contribution is 4.81. The van der Waals surface area contributed by atoms with Gasteiger partial charge in [-0.2, -0.15) is 0 Å². The highest BCUT2D eigenvalue weighted by atomic mass is 16.2. The third kappa shape index (κ3) is 17.4. The van der Waals surface area contributed by atoms with Crippen molar-refractivity contribution in [1.82, 2.24) is 0 Å². The summed E-state index contributed by atoms with van der Waals surface area (Å²) in [5, 5.41) is 8.66. The lowest BCUT2D eigenvalue weighted by Crippen LogP contribution is -1.83. The number of allylic oxidation sites excluding steroid dienone is 3. The van der Waals surface area contributed by atoms with Crippen molar-refractivity contribution in [2.75, 3.05) is 6.61 Å². The summed E-state index contributed by atoms with van der Waals surface area (Å²) in [6.45, 7) is 4.10. The standard InChI is InChI=1S/C18H34O/c1-2-3-4-5-6-7-8-9-10-11-12-13-14-15-16-17-18-19/h2,9-10,19H,1,3-8,11-18H2. The fourth-order valence-electron chi connectivity index (χ4n) is 2.22. The highest BCUT2D eigenvalue weighted by Crippen LogP contribution is 2.09. The Morgan fingerprint density at radius 3 is 1.47 bits per heavy atom. The third-order valence-corrected chi connectivity index (χ3v) is 3.47. The normalized spacial score (nSPS) is 11.2. The van der Waals surface area contributed by atoms with Crippen LogP contribution in [0.2, 0.25) is 0 Å². The fraction of sp³-hybridized carbons (Fsp3) is 0.778. The van der Waals surface area contributed by atoms with Gasteiger partial charge in [-0.3, -0.25) is 0 Å². The summed E-state index contributed by atoms with van der Waals surface area (Å²) < 4.78 is 0. The predicted octanol–water partition coefficient (Wildman–Crippen LogP) is 5.79. The topological polar surface area (TPSA) is 20.2 Å². The van der Waals surface area contributed by atoms with Crippen LogP contribution in [0.3, 0.4) is 0 Å². The predicted molar refractivity (Wildman–Crippen MR) is 86.4 cm³/mol. The van der Waals surface area contributed by atoms with Crippen molar-refractivity contribution in [3.63, 3.8) is 0 Å². The van der Waals surface area contributed by atoms with Crippen LogP contribution < -0.4 is 0 Å². The molecule has 1 N–H and O–H groups in total. The van der Waals surface area contributed by atoms with Gasteiger partial charge in [-0.05, 0) is 44.9 Å². The van der Waals surface area contributed by atoms with Gasteiger partial charge < -0.3 is 5.11 Å². The van der Waals surface area contributed by atoms with Crippen LogP contribution in [0.1, 0.15) is 83.5 Å². The maximum absolute atomic E-state index is 8.66. The lowest BCUT2D eigenvalue weighted by molar-refractivity contribution is 0.282. The Balaban J connectivity index is 3.03. The molecule has 0 rings (SSSR count). The van der Waals surface area contributed by atoms with E-state index in [0.717, 1.165) is 6.42 Å². The van der Waals surface area contributed by atoms with Crippen molar-refractivity contribution in [3.8, 4) is 0 Å². The van der Waals surface area contributed by atoms with E-state index in [1.54, 1.807) is 0 Å². The van der Waals surface area contributed by atoms with Crippen LogP contribution in [0, 0.1) is 0 Å². The van der Waals surface area contributed by atoms with Gasteiger partial charge in [0.1, 0.15) is 0 Å². The number of unbranched alkanes of at least 4 members (excludes halogenated alkanes) is 11. The summed E-state index contributed by atoms with van der Waals surface area (Å²) in [4.78, 5) is 0. The van der Waals surface area contributed by atoms with E-state index in [2.05, 4.69) is 18.7 Å². The van der Waals surface area contributed by atoms with Gasteiger partial charge in [0.25, 0.3) is 0 Å². The average molecular weight is 266 g/mol. The first-order valence-electron chi connectivity index (χ1n) is 8.28. The van der Waals surface area contributed by atoms with Gasteiger partial charge in [0, 0.05) is 6.61 Å². The molecule has 112 valence electrons. The van der Waals surface area contributed by atoms with Gasteiger partial charge in [0.2, 0.25) is 0 Å². The van der Waals surface area contributed by atoms with E-state index in [1.807, 2.05) is 6.08 Å². The molecule has 0 heterocycles. The molecule has 0 aromatic heterocycles. The fourth-order valence-corrected chi connectivity index (χ4v) is 2.22. The first-order valence-corrected chi connectivity index (χ1v) is 8.28. The van der Waals surface area contributed by atoms with Gasteiger partial charge >= 0.3 is 0 Å². The molecule has 0 fully saturated rings. The number of hydrogen-bond acceptors (Lipinski definition) is 1. The van der Waals surface area contributed by atoms with Crippen LogP contribution in [0.4, 0.5) is 0 Å². The van der Waals surface area contributed by atoms with Gasteiger partial charge in [-0.1, -0.05) is 56.8 Å². The smallest absolute Gasteiger partial charge is 0.0431 e. The van der Waals surface area contributed by atoms with Crippen molar-refractivity contribution >= 4 is 0 Å². The van der Waals surface area contributed by atoms with E-state index in [1.165, 1.54) is 77.0 Å². The molecule has 0 amide bonds. The molecule has 0 saturated carbocycles. The second-order valence-electron chi connectivity index (χ2n) is 5.39. The number of hydrogen-bond donors (Lipinski definition) is 1. The van der Waals surface area contributed by atoms with Crippen LogP contribution in [-0.4, -0.2) is 11.7 Å². The molecular weight excluding hydrogens is 232 g/mol. The lowest BCUT2D eigenvalue weighted by Gasteiger charge is -1.99. The number of rotatable bonds is 15. The quantitative estimate of drug-likeness (QED) is 0.294. The minimum Gasteiger partial charge on any atom is -0.396 e. The Morgan fingerprint density at radius 1 is 0.579 bits per heavy atom. The van der Waals surface area contributed by atoms with Crippen LogP contribution in [0.15, 0.2) is 24.8 Å². The number of aliphatic hydroxyl groups is 1. The Labute approximate surface area is 120 Å². The zero-order valence-electron chi connectivity index (χ0n) is 12.8. The molecule has 1 heteroatoms. The minimum atomic E-state index is 0.357. The monoisotopic (exact) mass is 266 g/mol. The van der Waals surface area contributed by atoms with Crippen molar-refractivity contribution < 1.29 is 5.11 Å². The zero-order chi connectivity index (χ0) is 14.0. The molecule has 0 aliphatic rings. The highest BCUT2D eigenvalue weighted by Gasteiger charge is 1.90. The molecule has 0 aliphatic heterocycles. The average Bonchev–Trinajstić information content (AvgIpc) is 2.43. The van der Waals surface area contributed by atoms with Crippen LogP contribution >= 0.6 is 0 Å². The summed E-state index contributed by atoms with van der Waals surface area (Å²) >= 11 is 0. The molecule has 19 heavy (non-hydrogen) atoms. The van der Waals surface area contributed by atoms with Crippen molar-refractivity contribution in [2.24, 2.45) is 0 Å². The van der Waals surface area contributed by atoms with Crippen molar-refractivity contribution in [1.29, 1.82) is 0 Å². The number of aliphatic hydroxyl groups excluding tert-OH is 1. The molecule has 0 aromatic rings. The Kier molecular flexibility index (Phi) is 16.9. The molecule has 0 aromatic carbocycles. The maximum atomic E-state index is 8.66. The second kappa shape index (κ2) is 17.4. The van der Waals surface area contributed by atoms with E-state index in [4.69, 9.17) is 5.11 Å². The summed E-state index contributed by atoms with van der Waals surface area (Å²) in [5.41, 5.74) is 0. The van der Waals surface area contributed by atoms with E-state index >= 15 is 0 Å². The lowest BCUT2D eigenvalue weighted by atomic mass is 10.1. The molecule has 0 unspecified atom stereocenters. The molecule has 0 aliphatic carbocycles. The molecule has 0 spiro atoms. The third-order valence-electron chi connectivity index (χ3n) is 3.47. The minimum absolute atomic E-state index is 0.357. The van der Waals surface area contributed by atoms with Gasteiger partial charge in [-0.25, -0.2) is 0 Å². The Hall–Kier alpha value is -0.560. The van der Waals surface area contributed by atoms with Gasteiger partial charge in [-0.15, -0.1) is 6.58 Å². The van der Waals surface area contributed by atoms with Crippen LogP contribution in [0.25, 0.3) is 0 Å². The van der Waals surface area contributed by atoms with Crippen molar-refractivity contribution in [2.45, 2.75) is 83.5 Å². The molecule has 0 saturated heterocycles. The van der Waals surface area contributed by atoms with Crippen LogP contribution in [0.5, 0.6) is 0 Å². The summed E-state index contributed by atoms with van der Waals surface area (Å²) in [5.74, 6) is 0. The molecule has 0 bridgehead atoms. The molecule has 1 nitrogen and oxygen atoms in total. The Morgan fingerprint density at radius 2 is 1.00 bits per heavy atom. The van der Waals surface area contributed by atoms with E-state index in [0.29, 0.717) is 6.61 Å². The van der Waals surface area contributed by atoms with Gasteiger partial charge in [0.15, 0.2) is 0 Å². The summed E-state index contributed by atoms with van der Waals surface area (Å²) in [6.07, 6.45) is 23.2. The maximum Gasteiger partial charge on any atom is 0.0431 e. The first kappa shape index (κ1) is 18.4.